The number of aryl methyl sites for hydroxylation is 1. The molecule has 0 heterocycles. The molecule has 14 heavy (non-hydrogen) atoms. The second-order valence-electron chi connectivity index (χ2n) is 3.86. The smallest absolute Gasteiger partial charge is 0.0992 e. The van der Waals surface area contributed by atoms with E-state index in [0.29, 0.717) is 6.54 Å². The van der Waals surface area contributed by atoms with Crippen LogP contribution in [0.4, 0.5) is 0 Å². The van der Waals surface area contributed by atoms with Gasteiger partial charge in [0.1, 0.15) is 0 Å². The predicted octanol–water partition coefficient (Wildman–Crippen LogP) is 1.68. The first-order chi connectivity index (χ1) is 6.60. The Hall–Kier alpha value is -0.860. The molecule has 78 valence electrons. The second kappa shape index (κ2) is 4.58. The van der Waals surface area contributed by atoms with Gasteiger partial charge in [0.2, 0.25) is 0 Å². The zero-order valence-corrected chi connectivity index (χ0v) is 9.17. The van der Waals surface area contributed by atoms with Crippen LogP contribution >= 0.6 is 0 Å². The first kappa shape index (κ1) is 11.2. The molecule has 0 bridgehead atoms. The first-order valence-electron chi connectivity index (χ1n) is 5.06. The van der Waals surface area contributed by atoms with Crippen LogP contribution in [0.15, 0.2) is 24.3 Å². The molecule has 2 heteroatoms. The number of rotatable bonds is 4. The Morgan fingerprint density at radius 3 is 2.71 bits per heavy atom. The maximum Gasteiger partial charge on any atom is 0.0992 e. The molecular weight excluding hydrogens is 174 g/mol. The molecule has 0 aliphatic carbocycles. The van der Waals surface area contributed by atoms with Crippen molar-refractivity contribution in [2.45, 2.75) is 25.9 Å². The summed E-state index contributed by atoms with van der Waals surface area (Å²) < 4.78 is 0. The van der Waals surface area contributed by atoms with Crippen LogP contribution in [0.5, 0.6) is 0 Å². The largest absolute Gasteiger partial charge is 0.384 e. The van der Waals surface area contributed by atoms with Crippen LogP contribution in [0.1, 0.15) is 25.0 Å². The van der Waals surface area contributed by atoms with Gasteiger partial charge in [0.05, 0.1) is 5.60 Å². The van der Waals surface area contributed by atoms with Gasteiger partial charge < -0.3 is 10.4 Å². The van der Waals surface area contributed by atoms with E-state index in [1.807, 2.05) is 26.1 Å². The number of hydrogen-bond donors (Lipinski definition) is 2. The minimum absolute atomic E-state index is 0.570. The van der Waals surface area contributed by atoms with Gasteiger partial charge in [-0.2, -0.15) is 0 Å². The van der Waals surface area contributed by atoms with Crippen LogP contribution in [0, 0.1) is 0 Å². The van der Waals surface area contributed by atoms with Gasteiger partial charge in [-0.05, 0) is 31.5 Å². The Kier molecular flexibility index (Phi) is 3.67. The molecule has 0 fully saturated rings. The molecule has 2 nitrogen and oxygen atoms in total. The summed E-state index contributed by atoms with van der Waals surface area (Å²) in [7, 11) is 1.85. The SMILES string of the molecule is CCc1cccc(C(C)(O)CNC)c1. The monoisotopic (exact) mass is 193 g/mol. The molecule has 0 spiro atoms. The maximum atomic E-state index is 10.1. The molecule has 0 saturated carbocycles. The Bertz CT molecular complexity index is 294. The summed E-state index contributed by atoms with van der Waals surface area (Å²) in [6.45, 7) is 4.52. The number of aliphatic hydroxyl groups is 1. The fourth-order valence-electron chi connectivity index (χ4n) is 1.57. The van der Waals surface area contributed by atoms with E-state index in [9.17, 15) is 5.11 Å². The van der Waals surface area contributed by atoms with E-state index in [2.05, 4.69) is 24.4 Å². The van der Waals surface area contributed by atoms with E-state index in [4.69, 9.17) is 0 Å². The summed E-state index contributed by atoms with van der Waals surface area (Å²) in [6.07, 6.45) is 1.00. The van der Waals surface area contributed by atoms with Gasteiger partial charge in [0.25, 0.3) is 0 Å². The summed E-state index contributed by atoms with van der Waals surface area (Å²) >= 11 is 0. The molecule has 1 aromatic carbocycles. The lowest BCUT2D eigenvalue weighted by atomic mass is 9.94. The third-order valence-electron chi connectivity index (χ3n) is 2.48. The zero-order chi connectivity index (χ0) is 10.6. The highest BCUT2D eigenvalue weighted by atomic mass is 16.3. The van der Waals surface area contributed by atoms with Crippen LogP contribution in [-0.4, -0.2) is 18.7 Å². The maximum absolute atomic E-state index is 10.1. The fraction of sp³-hybridized carbons (Fsp3) is 0.500. The molecule has 1 rings (SSSR count). The Morgan fingerprint density at radius 2 is 2.14 bits per heavy atom. The predicted molar refractivity (Wildman–Crippen MR) is 59.3 cm³/mol. The van der Waals surface area contributed by atoms with Gasteiger partial charge in [-0.1, -0.05) is 31.2 Å². The van der Waals surface area contributed by atoms with E-state index in [-0.39, 0.29) is 0 Å². The zero-order valence-electron chi connectivity index (χ0n) is 9.17. The summed E-state index contributed by atoms with van der Waals surface area (Å²) in [5.74, 6) is 0. The van der Waals surface area contributed by atoms with Crippen LogP contribution in [-0.2, 0) is 12.0 Å². The molecule has 0 aromatic heterocycles. The van der Waals surface area contributed by atoms with Crippen molar-refractivity contribution in [1.29, 1.82) is 0 Å². The summed E-state index contributed by atoms with van der Waals surface area (Å²) in [5.41, 5.74) is 1.46. The van der Waals surface area contributed by atoms with Crippen LogP contribution in [0.2, 0.25) is 0 Å². The highest BCUT2D eigenvalue weighted by Crippen LogP contribution is 2.20. The standard InChI is InChI=1S/C12H19NO/c1-4-10-6-5-7-11(8-10)12(2,14)9-13-3/h5-8,13-14H,4,9H2,1-3H3. The molecule has 1 unspecified atom stereocenters. The van der Waals surface area contributed by atoms with Gasteiger partial charge in [0.15, 0.2) is 0 Å². The average molecular weight is 193 g/mol. The van der Waals surface area contributed by atoms with Crippen molar-refractivity contribution in [1.82, 2.24) is 5.32 Å². The molecule has 0 saturated heterocycles. The number of nitrogens with one attached hydrogen (secondary N) is 1. The van der Waals surface area contributed by atoms with Gasteiger partial charge in [-0.3, -0.25) is 0 Å². The van der Waals surface area contributed by atoms with Crippen molar-refractivity contribution < 1.29 is 5.11 Å². The van der Waals surface area contributed by atoms with E-state index >= 15 is 0 Å². The van der Waals surface area contributed by atoms with Crippen molar-refractivity contribution in [2.75, 3.05) is 13.6 Å². The van der Waals surface area contributed by atoms with Crippen molar-refractivity contribution in [3.8, 4) is 0 Å². The van der Waals surface area contributed by atoms with Crippen molar-refractivity contribution >= 4 is 0 Å². The highest BCUT2D eigenvalue weighted by molar-refractivity contribution is 5.28. The van der Waals surface area contributed by atoms with Crippen LogP contribution in [0.25, 0.3) is 0 Å². The molecule has 1 atom stereocenters. The first-order valence-corrected chi connectivity index (χ1v) is 5.06. The quantitative estimate of drug-likeness (QED) is 0.762. The lowest BCUT2D eigenvalue weighted by molar-refractivity contribution is 0.0591. The van der Waals surface area contributed by atoms with Gasteiger partial charge in [0, 0.05) is 6.54 Å². The number of hydrogen-bond acceptors (Lipinski definition) is 2. The molecule has 0 aliphatic heterocycles. The van der Waals surface area contributed by atoms with E-state index in [1.165, 1.54) is 5.56 Å². The molecule has 0 radical (unpaired) electrons. The second-order valence-corrected chi connectivity index (χ2v) is 3.86. The van der Waals surface area contributed by atoms with E-state index < -0.39 is 5.60 Å². The summed E-state index contributed by atoms with van der Waals surface area (Å²) in [4.78, 5) is 0. The van der Waals surface area contributed by atoms with E-state index in [0.717, 1.165) is 12.0 Å². The molecule has 0 amide bonds. The Morgan fingerprint density at radius 1 is 1.43 bits per heavy atom. The lowest BCUT2D eigenvalue weighted by Crippen LogP contribution is -2.33. The van der Waals surface area contributed by atoms with Gasteiger partial charge >= 0.3 is 0 Å². The normalized spacial score (nSPS) is 15.1. The van der Waals surface area contributed by atoms with Gasteiger partial charge in [-0.15, -0.1) is 0 Å². The summed E-state index contributed by atoms with van der Waals surface area (Å²) in [5, 5.41) is 13.1. The molecule has 0 aliphatic rings. The summed E-state index contributed by atoms with van der Waals surface area (Å²) in [6, 6.07) is 8.12. The van der Waals surface area contributed by atoms with Crippen molar-refractivity contribution in [3.63, 3.8) is 0 Å². The minimum Gasteiger partial charge on any atom is -0.384 e. The van der Waals surface area contributed by atoms with Gasteiger partial charge in [-0.25, -0.2) is 0 Å². The van der Waals surface area contributed by atoms with Crippen molar-refractivity contribution in [2.24, 2.45) is 0 Å². The topological polar surface area (TPSA) is 32.3 Å². The molecule has 1 aromatic rings. The number of benzene rings is 1. The average Bonchev–Trinajstić information content (AvgIpc) is 2.18. The third-order valence-corrected chi connectivity index (χ3v) is 2.48. The van der Waals surface area contributed by atoms with E-state index in [1.54, 1.807) is 0 Å². The van der Waals surface area contributed by atoms with Crippen LogP contribution in [0.3, 0.4) is 0 Å². The van der Waals surface area contributed by atoms with Crippen LogP contribution < -0.4 is 5.32 Å². The number of likely N-dealkylation sites (N-methyl/N-ethyl adjacent to an activating group) is 1. The lowest BCUT2D eigenvalue weighted by Gasteiger charge is -2.23. The van der Waals surface area contributed by atoms with Crippen molar-refractivity contribution in [3.05, 3.63) is 35.4 Å². The Labute approximate surface area is 86.0 Å². The minimum atomic E-state index is -0.778. The third kappa shape index (κ3) is 2.56. The Balaban J connectivity index is 2.93. The molecular formula is C12H19NO. The highest BCUT2D eigenvalue weighted by Gasteiger charge is 2.21. The fourth-order valence-corrected chi connectivity index (χ4v) is 1.57. The molecule has 2 N–H and O–H groups in total.